The first kappa shape index (κ1) is 13.9. The van der Waals surface area contributed by atoms with E-state index in [0.29, 0.717) is 0 Å². The van der Waals surface area contributed by atoms with Crippen LogP contribution in [0.15, 0.2) is 36.4 Å². The summed E-state index contributed by atoms with van der Waals surface area (Å²) < 4.78 is 2.40. The van der Waals surface area contributed by atoms with Crippen LogP contribution in [0.4, 0.5) is 11.4 Å². The zero-order valence-electron chi connectivity index (χ0n) is 11.7. The van der Waals surface area contributed by atoms with Crippen LogP contribution in [-0.4, -0.2) is 23.5 Å². The largest absolute Gasteiger partial charge is 1.00 e. The fraction of sp³-hybridized carbons (Fsp3) is 0.312. The fourth-order valence-corrected chi connectivity index (χ4v) is 3.04. The molecule has 0 saturated carbocycles. The van der Waals surface area contributed by atoms with Gasteiger partial charge in [-0.1, -0.05) is 24.3 Å². The highest BCUT2D eigenvalue weighted by atomic mass is 35.5. The Labute approximate surface area is 120 Å². The zero-order valence-corrected chi connectivity index (χ0v) is 12.4. The second kappa shape index (κ2) is 5.22. The van der Waals surface area contributed by atoms with Crippen LogP contribution in [0.1, 0.15) is 20.8 Å². The lowest BCUT2D eigenvalue weighted by atomic mass is 10.0. The van der Waals surface area contributed by atoms with Crippen molar-refractivity contribution in [3.05, 3.63) is 36.4 Å². The van der Waals surface area contributed by atoms with Gasteiger partial charge in [0.1, 0.15) is 11.4 Å². The number of benzene rings is 2. The monoisotopic (exact) mass is 274 g/mol. The maximum atomic E-state index is 2.40. The Hall–Kier alpha value is -1.54. The van der Waals surface area contributed by atoms with Crippen molar-refractivity contribution in [2.45, 2.75) is 20.8 Å². The summed E-state index contributed by atoms with van der Waals surface area (Å²) in [4.78, 5) is 2.40. The van der Waals surface area contributed by atoms with Gasteiger partial charge in [-0.15, -0.1) is 0 Å². The van der Waals surface area contributed by atoms with Crippen molar-refractivity contribution in [3.8, 4) is 0 Å². The lowest BCUT2D eigenvalue weighted by Gasteiger charge is -2.25. The third kappa shape index (κ3) is 1.91. The topological polar surface area (TPSA) is 6.25 Å². The Morgan fingerprint density at radius 3 is 2.37 bits per heavy atom. The van der Waals surface area contributed by atoms with Crippen molar-refractivity contribution in [2.75, 3.05) is 18.0 Å². The van der Waals surface area contributed by atoms with E-state index in [2.05, 4.69) is 66.6 Å². The molecule has 0 bridgehead atoms. The van der Waals surface area contributed by atoms with Crippen LogP contribution in [0.2, 0.25) is 0 Å². The van der Waals surface area contributed by atoms with Gasteiger partial charge in [0.25, 0.3) is 5.84 Å². The number of hydrogen-bond acceptors (Lipinski definition) is 1. The molecule has 1 aliphatic heterocycles. The van der Waals surface area contributed by atoms with E-state index < -0.39 is 0 Å². The Bertz CT molecular complexity index is 641. The second-order valence-electron chi connectivity index (χ2n) is 4.69. The molecule has 1 aliphatic rings. The lowest BCUT2D eigenvalue weighted by Crippen LogP contribution is -3.00. The Morgan fingerprint density at radius 1 is 1.05 bits per heavy atom. The highest BCUT2D eigenvalue weighted by Gasteiger charge is 2.29. The summed E-state index contributed by atoms with van der Waals surface area (Å²) >= 11 is 0. The Morgan fingerprint density at radius 2 is 1.74 bits per heavy atom. The summed E-state index contributed by atoms with van der Waals surface area (Å²) in [6.45, 7) is 8.65. The molecule has 0 atom stereocenters. The third-order valence-electron chi connectivity index (χ3n) is 3.86. The average Bonchev–Trinajstić information content (AvgIpc) is 2.40. The standard InChI is InChI=1S/C16H19N2.ClH/c1-4-17-12(3)18(5-2)15-11-7-9-13-8-6-10-14(17)16(13)15;/h6-11H,4-5H2,1-3H3;1H/q+1;/p-1. The van der Waals surface area contributed by atoms with Crippen LogP contribution in [-0.2, 0) is 0 Å². The van der Waals surface area contributed by atoms with E-state index in [1.54, 1.807) is 0 Å². The van der Waals surface area contributed by atoms with E-state index in [1.165, 1.54) is 28.0 Å². The van der Waals surface area contributed by atoms with Gasteiger partial charge in [-0.3, -0.25) is 0 Å². The number of hydrogen-bond donors (Lipinski definition) is 0. The lowest BCUT2D eigenvalue weighted by molar-refractivity contribution is -0.436. The number of nitrogens with zero attached hydrogens (tertiary/aromatic N) is 2. The quantitative estimate of drug-likeness (QED) is 0.733. The van der Waals surface area contributed by atoms with E-state index in [1.807, 2.05) is 0 Å². The van der Waals surface area contributed by atoms with Crippen molar-refractivity contribution in [3.63, 3.8) is 0 Å². The first-order chi connectivity index (χ1) is 8.77. The number of amidine groups is 1. The molecule has 2 aromatic carbocycles. The van der Waals surface area contributed by atoms with Crippen LogP contribution < -0.4 is 17.3 Å². The molecule has 0 saturated heterocycles. The van der Waals surface area contributed by atoms with E-state index in [9.17, 15) is 0 Å². The van der Waals surface area contributed by atoms with E-state index >= 15 is 0 Å². The van der Waals surface area contributed by atoms with Crippen LogP contribution in [0, 0.1) is 0 Å². The SMILES string of the molecule is CCN1C(C)=[N+](CC)c2cccc3cccc1c23.[Cl-]. The fourth-order valence-electron chi connectivity index (χ4n) is 3.04. The van der Waals surface area contributed by atoms with Gasteiger partial charge in [0.2, 0.25) is 0 Å². The molecule has 0 spiro atoms. The van der Waals surface area contributed by atoms with Gasteiger partial charge in [0, 0.05) is 6.92 Å². The minimum atomic E-state index is 0. The predicted octanol–water partition coefficient (Wildman–Crippen LogP) is 0.766. The second-order valence-corrected chi connectivity index (χ2v) is 4.69. The van der Waals surface area contributed by atoms with Crippen LogP contribution in [0.25, 0.3) is 10.8 Å². The zero-order chi connectivity index (χ0) is 12.7. The molecule has 1 heterocycles. The van der Waals surface area contributed by atoms with Gasteiger partial charge in [-0.2, -0.15) is 0 Å². The molecule has 3 heteroatoms. The van der Waals surface area contributed by atoms with Crippen LogP contribution >= 0.6 is 0 Å². The van der Waals surface area contributed by atoms with Crippen molar-refractivity contribution in [2.24, 2.45) is 0 Å². The molecule has 19 heavy (non-hydrogen) atoms. The maximum absolute atomic E-state index is 2.40. The minimum Gasteiger partial charge on any atom is -1.00 e. The molecule has 0 radical (unpaired) electrons. The highest BCUT2D eigenvalue weighted by molar-refractivity contribution is 6.10. The van der Waals surface area contributed by atoms with Gasteiger partial charge >= 0.3 is 0 Å². The van der Waals surface area contributed by atoms with Crippen molar-refractivity contribution in [1.82, 2.24) is 0 Å². The normalized spacial score (nSPS) is 13.7. The van der Waals surface area contributed by atoms with E-state index in [0.717, 1.165) is 13.1 Å². The first-order valence-electron chi connectivity index (χ1n) is 6.68. The summed E-state index contributed by atoms with van der Waals surface area (Å²) in [7, 11) is 0. The summed E-state index contributed by atoms with van der Waals surface area (Å²) in [6, 6.07) is 13.2. The van der Waals surface area contributed by atoms with Gasteiger partial charge in [-0.25, -0.2) is 9.48 Å². The molecule has 0 aromatic heterocycles. The van der Waals surface area contributed by atoms with Crippen molar-refractivity contribution in [1.29, 1.82) is 0 Å². The predicted molar refractivity (Wildman–Crippen MR) is 78.1 cm³/mol. The molecule has 100 valence electrons. The minimum absolute atomic E-state index is 0. The van der Waals surface area contributed by atoms with E-state index in [-0.39, 0.29) is 12.4 Å². The Kier molecular flexibility index (Phi) is 3.81. The van der Waals surface area contributed by atoms with Gasteiger partial charge in [0.05, 0.1) is 18.5 Å². The summed E-state index contributed by atoms with van der Waals surface area (Å²) in [6.07, 6.45) is 0. The molecule has 0 amide bonds. The Balaban J connectivity index is 0.00000133. The average molecular weight is 275 g/mol. The number of halogens is 1. The molecular weight excluding hydrogens is 256 g/mol. The molecule has 0 fully saturated rings. The summed E-state index contributed by atoms with van der Waals surface area (Å²) in [5, 5.41) is 2.71. The molecule has 0 N–H and O–H groups in total. The number of rotatable bonds is 2. The molecule has 2 nitrogen and oxygen atoms in total. The molecule has 0 aliphatic carbocycles. The summed E-state index contributed by atoms with van der Waals surface area (Å²) in [5.74, 6) is 1.33. The third-order valence-corrected chi connectivity index (χ3v) is 3.86. The van der Waals surface area contributed by atoms with Crippen LogP contribution in [0.5, 0.6) is 0 Å². The van der Waals surface area contributed by atoms with Gasteiger partial charge < -0.3 is 12.4 Å². The van der Waals surface area contributed by atoms with E-state index in [4.69, 9.17) is 0 Å². The van der Waals surface area contributed by atoms with Gasteiger partial charge in [-0.05, 0) is 31.4 Å². The van der Waals surface area contributed by atoms with Crippen molar-refractivity contribution >= 4 is 28.0 Å². The highest BCUT2D eigenvalue weighted by Crippen LogP contribution is 2.37. The smallest absolute Gasteiger partial charge is 0.253 e. The molecule has 2 aromatic rings. The molecular formula is C16H19ClN2. The first-order valence-corrected chi connectivity index (χ1v) is 6.68. The summed E-state index contributed by atoms with van der Waals surface area (Å²) in [5.41, 5.74) is 2.68. The van der Waals surface area contributed by atoms with Crippen LogP contribution in [0.3, 0.4) is 0 Å². The van der Waals surface area contributed by atoms with Crippen molar-refractivity contribution < 1.29 is 17.0 Å². The number of anilines is 1. The molecule has 0 unspecified atom stereocenters. The maximum Gasteiger partial charge on any atom is 0.253 e. The van der Waals surface area contributed by atoms with Gasteiger partial charge in [0.15, 0.2) is 0 Å². The molecule has 3 rings (SSSR count).